The van der Waals surface area contributed by atoms with Gasteiger partial charge in [0.15, 0.2) is 0 Å². The van der Waals surface area contributed by atoms with Gasteiger partial charge in [0, 0.05) is 6.07 Å². The molecule has 1 rings (SSSR count). The molecule has 0 bridgehead atoms. The number of benzene rings is 1. The van der Waals surface area contributed by atoms with E-state index in [0.29, 0.717) is 0 Å². The number of nitrogens with two attached hydrogens (primary N) is 1. The molecule has 0 amide bonds. The van der Waals surface area contributed by atoms with Crippen LogP contribution in [0.3, 0.4) is 0 Å². The van der Waals surface area contributed by atoms with E-state index in [2.05, 4.69) is 0 Å². The lowest BCUT2D eigenvalue weighted by atomic mass is 10.1. The first kappa shape index (κ1) is 13.9. The summed E-state index contributed by atoms with van der Waals surface area (Å²) in [6.45, 7) is 3.45. The minimum absolute atomic E-state index is 0.0321. The molecule has 1 aromatic carbocycles. The number of esters is 1. The van der Waals surface area contributed by atoms with Gasteiger partial charge >= 0.3 is 5.97 Å². The highest BCUT2D eigenvalue weighted by atomic mass is 35.5. The molecule has 17 heavy (non-hydrogen) atoms. The van der Waals surface area contributed by atoms with Crippen LogP contribution in [0.5, 0.6) is 5.75 Å². The van der Waals surface area contributed by atoms with Crippen molar-refractivity contribution in [3.8, 4) is 5.75 Å². The molecule has 2 N–H and O–H groups in total. The fourth-order valence-corrected chi connectivity index (χ4v) is 1.69. The van der Waals surface area contributed by atoms with Crippen LogP contribution in [0.2, 0.25) is 10.0 Å². The minimum atomic E-state index is -0.622. The van der Waals surface area contributed by atoms with Crippen LogP contribution in [0.4, 0.5) is 5.69 Å². The molecule has 94 valence electrons. The molecular formula is C11H13Cl2NO3. The Bertz CT molecular complexity index is 447. The van der Waals surface area contributed by atoms with Crippen molar-refractivity contribution in [3.05, 3.63) is 21.7 Å². The molecule has 0 heterocycles. The highest BCUT2D eigenvalue weighted by Gasteiger charge is 2.22. The number of carbonyl (C=O) groups is 1. The average molecular weight is 278 g/mol. The van der Waals surface area contributed by atoms with Crippen molar-refractivity contribution in [3.63, 3.8) is 0 Å². The average Bonchev–Trinajstić information content (AvgIpc) is 2.22. The molecule has 0 aliphatic rings. The van der Waals surface area contributed by atoms with Gasteiger partial charge in [-0.2, -0.15) is 0 Å². The topological polar surface area (TPSA) is 61.5 Å². The molecule has 1 aromatic rings. The minimum Gasteiger partial charge on any atom is -0.495 e. The number of rotatable bonds is 3. The van der Waals surface area contributed by atoms with E-state index in [4.69, 9.17) is 38.4 Å². The zero-order valence-corrected chi connectivity index (χ0v) is 11.2. The quantitative estimate of drug-likeness (QED) is 0.681. The summed E-state index contributed by atoms with van der Waals surface area (Å²) in [6, 6.07) is 1.45. The van der Waals surface area contributed by atoms with E-state index in [9.17, 15) is 4.79 Å². The van der Waals surface area contributed by atoms with Crippen molar-refractivity contribution in [2.75, 3.05) is 12.8 Å². The first-order valence-corrected chi connectivity index (χ1v) is 5.66. The van der Waals surface area contributed by atoms with Crippen LogP contribution in [0.15, 0.2) is 6.07 Å². The van der Waals surface area contributed by atoms with E-state index >= 15 is 0 Å². The summed E-state index contributed by atoms with van der Waals surface area (Å²) in [5.41, 5.74) is 5.92. The summed E-state index contributed by atoms with van der Waals surface area (Å²) in [4.78, 5) is 11.8. The second-order valence-electron chi connectivity index (χ2n) is 3.62. The van der Waals surface area contributed by atoms with E-state index < -0.39 is 5.97 Å². The number of hydrogen-bond acceptors (Lipinski definition) is 4. The van der Waals surface area contributed by atoms with Crippen LogP contribution < -0.4 is 10.5 Å². The van der Waals surface area contributed by atoms with Crippen molar-refractivity contribution in [2.24, 2.45) is 0 Å². The molecule has 0 saturated heterocycles. The Balaban J connectivity index is 3.30. The largest absolute Gasteiger partial charge is 0.495 e. The Labute approximate surface area is 110 Å². The summed E-state index contributed by atoms with van der Waals surface area (Å²) < 4.78 is 10.0. The Kier molecular flexibility index (Phi) is 4.48. The third-order valence-electron chi connectivity index (χ3n) is 1.99. The second kappa shape index (κ2) is 5.47. The lowest BCUT2D eigenvalue weighted by Gasteiger charge is -2.14. The lowest BCUT2D eigenvalue weighted by Crippen LogP contribution is -2.14. The number of ether oxygens (including phenoxy) is 2. The molecule has 6 heteroatoms. The second-order valence-corrected chi connectivity index (χ2v) is 4.40. The van der Waals surface area contributed by atoms with E-state index in [0.717, 1.165) is 0 Å². The Hall–Kier alpha value is -1.13. The SMILES string of the molecule is COc1cc(Cl)c(Cl)c(C(=O)OC(C)C)c1N. The molecule has 0 fully saturated rings. The van der Waals surface area contributed by atoms with Gasteiger partial charge in [-0.05, 0) is 13.8 Å². The molecule has 0 saturated carbocycles. The Morgan fingerprint density at radius 2 is 2.00 bits per heavy atom. The van der Waals surface area contributed by atoms with Crippen LogP contribution in [0.1, 0.15) is 24.2 Å². The van der Waals surface area contributed by atoms with Crippen LogP contribution in [-0.2, 0) is 4.74 Å². The van der Waals surface area contributed by atoms with Gasteiger partial charge < -0.3 is 15.2 Å². The van der Waals surface area contributed by atoms with Crippen molar-refractivity contribution in [1.82, 2.24) is 0 Å². The molecule has 0 aliphatic heterocycles. The van der Waals surface area contributed by atoms with E-state index in [1.165, 1.54) is 13.2 Å². The highest BCUT2D eigenvalue weighted by molar-refractivity contribution is 6.44. The molecule has 4 nitrogen and oxygen atoms in total. The van der Waals surface area contributed by atoms with Gasteiger partial charge in [-0.3, -0.25) is 0 Å². The third kappa shape index (κ3) is 2.96. The predicted molar refractivity (Wildman–Crippen MR) is 68.0 cm³/mol. The number of carbonyl (C=O) groups excluding carboxylic acids is 1. The smallest absolute Gasteiger partial charge is 0.342 e. The van der Waals surface area contributed by atoms with Gasteiger partial charge in [-0.25, -0.2) is 4.79 Å². The lowest BCUT2D eigenvalue weighted by molar-refractivity contribution is 0.0379. The molecule has 0 radical (unpaired) electrons. The fourth-order valence-electron chi connectivity index (χ4n) is 1.26. The Morgan fingerprint density at radius 1 is 1.41 bits per heavy atom. The number of methoxy groups -OCH3 is 1. The van der Waals surface area contributed by atoms with E-state index in [1.54, 1.807) is 13.8 Å². The predicted octanol–water partition coefficient (Wildman–Crippen LogP) is 3.15. The van der Waals surface area contributed by atoms with Crippen molar-refractivity contribution >= 4 is 34.9 Å². The number of nitrogen functional groups attached to an aromatic ring is 1. The first-order chi connectivity index (χ1) is 7.88. The van der Waals surface area contributed by atoms with Crippen LogP contribution in [-0.4, -0.2) is 19.2 Å². The zero-order chi connectivity index (χ0) is 13.2. The maximum absolute atomic E-state index is 11.8. The standard InChI is InChI=1S/C11H13Cl2NO3/c1-5(2)17-11(15)8-9(13)6(12)4-7(16-3)10(8)14/h4-5H,14H2,1-3H3. The first-order valence-electron chi connectivity index (χ1n) is 4.91. The van der Waals surface area contributed by atoms with Crippen LogP contribution >= 0.6 is 23.2 Å². The third-order valence-corrected chi connectivity index (χ3v) is 2.78. The van der Waals surface area contributed by atoms with Gasteiger partial charge in [-0.15, -0.1) is 0 Å². The zero-order valence-electron chi connectivity index (χ0n) is 9.71. The van der Waals surface area contributed by atoms with Gasteiger partial charge in [0.1, 0.15) is 11.3 Å². The van der Waals surface area contributed by atoms with Crippen molar-refractivity contribution in [1.29, 1.82) is 0 Å². The van der Waals surface area contributed by atoms with Crippen molar-refractivity contribution < 1.29 is 14.3 Å². The molecule has 0 spiro atoms. The summed E-state index contributed by atoms with van der Waals surface area (Å²) in [7, 11) is 1.42. The maximum Gasteiger partial charge on any atom is 0.342 e. The number of anilines is 1. The Morgan fingerprint density at radius 3 is 2.47 bits per heavy atom. The normalized spacial score (nSPS) is 10.5. The van der Waals surface area contributed by atoms with Gasteiger partial charge in [0.05, 0.1) is 28.9 Å². The van der Waals surface area contributed by atoms with Crippen LogP contribution in [0, 0.1) is 0 Å². The molecule has 0 aliphatic carbocycles. The number of hydrogen-bond donors (Lipinski definition) is 1. The van der Waals surface area contributed by atoms with Gasteiger partial charge in [0.25, 0.3) is 0 Å². The summed E-state index contributed by atoms with van der Waals surface area (Å²) in [6.07, 6.45) is -0.275. The maximum atomic E-state index is 11.8. The van der Waals surface area contributed by atoms with Gasteiger partial charge in [-0.1, -0.05) is 23.2 Å². The summed E-state index contributed by atoms with van der Waals surface area (Å²) in [5, 5.41) is 0.254. The highest BCUT2D eigenvalue weighted by Crippen LogP contribution is 2.37. The number of halogens is 2. The molecule has 0 aromatic heterocycles. The van der Waals surface area contributed by atoms with Crippen LogP contribution in [0.25, 0.3) is 0 Å². The van der Waals surface area contributed by atoms with Gasteiger partial charge in [0.2, 0.25) is 0 Å². The fraction of sp³-hybridized carbons (Fsp3) is 0.364. The molecule has 0 atom stereocenters. The van der Waals surface area contributed by atoms with E-state index in [1.807, 2.05) is 0 Å². The monoisotopic (exact) mass is 277 g/mol. The molecule has 0 unspecified atom stereocenters. The summed E-state index contributed by atoms with van der Waals surface area (Å²) >= 11 is 11.8. The van der Waals surface area contributed by atoms with E-state index in [-0.39, 0.29) is 33.1 Å². The van der Waals surface area contributed by atoms with Crippen molar-refractivity contribution in [2.45, 2.75) is 20.0 Å². The molecular weight excluding hydrogens is 265 g/mol. The summed E-state index contributed by atoms with van der Waals surface area (Å²) in [5.74, 6) is -0.335.